The summed E-state index contributed by atoms with van der Waals surface area (Å²) in [6.45, 7) is 0.699. The molecule has 1 atom stereocenters. The fraction of sp³-hybridized carbons (Fsp3) is 0.333. The van der Waals surface area contributed by atoms with Crippen molar-refractivity contribution < 1.29 is 23.6 Å². The quantitative estimate of drug-likeness (QED) is 0.598. The van der Waals surface area contributed by atoms with Crippen LogP contribution < -0.4 is 4.52 Å². The summed E-state index contributed by atoms with van der Waals surface area (Å²) in [7, 11) is -4.48. The van der Waals surface area contributed by atoms with Gasteiger partial charge in [0.15, 0.2) is 0 Å². The van der Waals surface area contributed by atoms with Crippen molar-refractivity contribution in [2.24, 2.45) is 0 Å². The Kier molecular flexibility index (Phi) is 2.80. The molecular formula is C9H11O5P. The van der Waals surface area contributed by atoms with E-state index in [-0.39, 0.29) is 11.9 Å². The van der Waals surface area contributed by atoms with Crippen molar-refractivity contribution in [2.45, 2.75) is 12.5 Å². The molecule has 82 valence electrons. The lowest BCUT2D eigenvalue weighted by molar-refractivity contribution is 0.281. The Bertz CT molecular complexity index is 395. The summed E-state index contributed by atoms with van der Waals surface area (Å²) in [5.74, 6) is 0.223. The standard InChI is InChI=1S/C9H11O5P/c10-15(11,12)14-9-4-2-1-3-7(9)5-8-6-13-8/h1-4,8H,5-6H2,(H2,10,11,12). The van der Waals surface area contributed by atoms with Crippen molar-refractivity contribution >= 4 is 7.82 Å². The summed E-state index contributed by atoms with van der Waals surface area (Å²) in [4.78, 5) is 17.4. The van der Waals surface area contributed by atoms with Crippen LogP contribution in [-0.4, -0.2) is 22.5 Å². The summed E-state index contributed by atoms with van der Waals surface area (Å²) in [6, 6.07) is 6.77. The molecule has 0 aliphatic carbocycles. The number of hydrogen-bond acceptors (Lipinski definition) is 3. The number of hydrogen-bond donors (Lipinski definition) is 2. The van der Waals surface area contributed by atoms with Gasteiger partial charge >= 0.3 is 7.82 Å². The number of ether oxygens (including phenoxy) is 1. The normalized spacial score (nSPS) is 20.0. The molecule has 6 heteroatoms. The van der Waals surface area contributed by atoms with Crippen molar-refractivity contribution in [3.63, 3.8) is 0 Å². The van der Waals surface area contributed by atoms with E-state index in [9.17, 15) is 4.57 Å². The first kappa shape index (κ1) is 10.6. The molecule has 0 aromatic heterocycles. The molecule has 1 unspecified atom stereocenters. The minimum Gasteiger partial charge on any atom is -0.404 e. The van der Waals surface area contributed by atoms with E-state index in [0.29, 0.717) is 13.0 Å². The van der Waals surface area contributed by atoms with Crippen LogP contribution in [0.3, 0.4) is 0 Å². The zero-order chi connectivity index (χ0) is 10.9. The van der Waals surface area contributed by atoms with Crippen LogP contribution in [0.25, 0.3) is 0 Å². The average molecular weight is 230 g/mol. The van der Waals surface area contributed by atoms with E-state index >= 15 is 0 Å². The van der Waals surface area contributed by atoms with Crippen LogP contribution in [0.1, 0.15) is 5.56 Å². The molecule has 5 nitrogen and oxygen atoms in total. The van der Waals surface area contributed by atoms with Crippen LogP contribution in [-0.2, 0) is 15.7 Å². The van der Waals surface area contributed by atoms with Gasteiger partial charge in [0.25, 0.3) is 0 Å². The smallest absolute Gasteiger partial charge is 0.404 e. The van der Waals surface area contributed by atoms with Crippen LogP contribution in [0, 0.1) is 0 Å². The van der Waals surface area contributed by atoms with E-state index in [1.54, 1.807) is 18.2 Å². The Hall–Kier alpha value is -0.870. The van der Waals surface area contributed by atoms with Gasteiger partial charge in [0.1, 0.15) is 5.75 Å². The van der Waals surface area contributed by atoms with Crippen LogP contribution in [0.2, 0.25) is 0 Å². The summed E-state index contributed by atoms with van der Waals surface area (Å²) in [6.07, 6.45) is 0.780. The number of benzene rings is 1. The number of phosphoric acid groups is 1. The molecule has 1 aromatic carbocycles. The molecular weight excluding hydrogens is 219 g/mol. The van der Waals surface area contributed by atoms with Crippen LogP contribution in [0.15, 0.2) is 24.3 Å². The van der Waals surface area contributed by atoms with Gasteiger partial charge in [-0.1, -0.05) is 18.2 Å². The highest BCUT2D eigenvalue weighted by atomic mass is 31.2. The molecule has 1 aromatic rings. The third-order valence-electron chi connectivity index (χ3n) is 2.04. The second kappa shape index (κ2) is 3.94. The lowest BCUT2D eigenvalue weighted by atomic mass is 10.1. The molecule has 0 radical (unpaired) electrons. The van der Waals surface area contributed by atoms with E-state index < -0.39 is 7.82 Å². The summed E-state index contributed by atoms with van der Waals surface area (Å²) < 4.78 is 20.3. The van der Waals surface area contributed by atoms with Gasteiger partial charge in [-0.15, -0.1) is 0 Å². The molecule has 0 saturated carbocycles. The topological polar surface area (TPSA) is 79.3 Å². The van der Waals surface area contributed by atoms with Crippen molar-refractivity contribution in [3.05, 3.63) is 29.8 Å². The molecule has 15 heavy (non-hydrogen) atoms. The first-order valence-electron chi connectivity index (χ1n) is 4.49. The lowest BCUT2D eigenvalue weighted by Gasteiger charge is -2.10. The van der Waals surface area contributed by atoms with Gasteiger partial charge in [0, 0.05) is 6.42 Å². The van der Waals surface area contributed by atoms with E-state index in [1.165, 1.54) is 6.07 Å². The van der Waals surface area contributed by atoms with Gasteiger partial charge in [-0.2, -0.15) is 0 Å². The maximum Gasteiger partial charge on any atom is 0.524 e. The largest absolute Gasteiger partial charge is 0.524 e. The molecule has 2 N–H and O–H groups in total. The first-order valence-corrected chi connectivity index (χ1v) is 6.02. The van der Waals surface area contributed by atoms with Crippen LogP contribution >= 0.6 is 7.82 Å². The third-order valence-corrected chi connectivity index (χ3v) is 2.47. The fourth-order valence-corrected chi connectivity index (χ4v) is 1.76. The van der Waals surface area contributed by atoms with Gasteiger partial charge in [0.05, 0.1) is 12.7 Å². The molecule has 0 spiro atoms. The van der Waals surface area contributed by atoms with Crippen molar-refractivity contribution in [1.29, 1.82) is 0 Å². The number of rotatable bonds is 4. The number of epoxide rings is 1. The van der Waals surface area contributed by atoms with Gasteiger partial charge < -0.3 is 9.26 Å². The zero-order valence-electron chi connectivity index (χ0n) is 7.87. The van der Waals surface area contributed by atoms with Crippen molar-refractivity contribution in [1.82, 2.24) is 0 Å². The maximum atomic E-state index is 10.7. The minimum atomic E-state index is -4.48. The highest BCUT2D eigenvalue weighted by Crippen LogP contribution is 2.39. The maximum absolute atomic E-state index is 10.7. The molecule has 0 amide bonds. The Morgan fingerprint density at radius 3 is 2.73 bits per heavy atom. The predicted molar refractivity (Wildman–Crippen MR) is 52.6 cm³/mol. The van der Waals surface area contributed by atoms with Gasteiger partial charge in [0.2, 0.25) is 0 Å². The van der Waals surface area contributed by atoms with E-state index in [2.05, 4.69) is 4.52 Å². The number of para-hydroxylation sites is 1. The monoisotopic (exact) mass is 230 g/mol. The molecule has 1 aliphatic rings. The molecule has 0 bridgehead atoms. The molecule has 2 rings (SSSR count). The van der Waals surface area contributed by atoms with Crippen LogP contribution in [0.5, 0.6) is 5.75 Å². The Labute approximate surface area is 86.9 Å². The summed E-state index contributed by atoms with van der Waals surface area (Å²) in [5.41, 5.74) is 0.753. The third kappa shape index (κ3) is 3.32. The van der Waals surface area contributed by atoms with E-state index in [0.717, 1.165) is 5.56 Å². The van der Waals surface area contributed by atoms with Gasteiger partial charge in [-0.3, -0.25) is 9.79 Å². The predicted octanol–water partition coefficient (Wildman–Crippen LogP) is 1.10. The Morgan fingerprint density at radius 1 is 1.47 bits per heavy atom. The fourth-order valence-electron chi connectivity index (χ4n) is 1.32. The van der Waals surface area contributed by atoms with E-state index in [1.807, 2.05) is 0 Å². The second-order valence-electron chi connectivity index (χ2n) is 3.35. The number of phosphoric ester groups is 1. The molecule has 1 fully saturated rings. The van der Waals surface area contributed by atoms with E-state index in [4.69, 9.17) is 14.5 Å². The Morgan fingerprint density at radius 2 is 2.13 bits per heavy atom. The molecule has 1 saturated heterocycles. The summed E-state index contributed by atoms with van der Waals surface area (Å²) in [5, 5.41) is 0. The molecule has 1 heterocycles. The van der Waals surface area contributed by atoms with Gasteiger partial charge in [-0.05, 0) is 11.6 Å². The zero-order valence-corrected chi connectivity index (χ0v) is 8.76. The average Bonchev–Trinajstić information content (AvgIpc) is 2.89. The minimum absolute atomic E-state index is 0.159. The highest BCUT2D eigenvalue weighted by molar-refractivity contribution is 7.46. The van der Waals surface area contributed by atoms with Crippen molar-refractivity contribution in [2.75, 3.05) is 6.61 Å². The lowest BCUT2D eigenvalue weighted by Crippen LogP contribution is -1.98. The van der Waals surface area contributed by atoms with Crippen LogP contribution in [0.4, 0.5) is 0 Å². The summed E-state index contributed by atoms with van der Waals surface area (Å²) >= 11 is 0. The van der Waals surface area contributed by atoms with Gasteiger partial charge in [-0.25, -0.2) is 4.57 Å². The van der Waals surface area contributed by atoms with Crippen molar-refractivity contribution in [3.8, 4) is 5.75 Å². The SMILES string of the molecule is O=P(O)(O)Oc1ccccc1CC1CO1. The second-order valence-corrected chi connectivity index (χ2v) is 4.51. The first-order chi connectivity index (χ1) is 7.04. The molecule has 1 aliphatic heterocycles. The Balaban J connectivity index is 2.16. The highest BCUT2D eigenvalue weighted by Gasteiger charge is 2.25.